The lowest BCUT2D eigenvalue weighted by atomic mass is 9.96. The number of hydrogen-bond acceptors (Lipinski definition) is 13. The smallest absolute Gasteiger partial charge is 0.408 e. The summed E-state index contributed by atoms with van der Waals surface area (Å²) in [5.74, 6) is -1.17. The van der Waals surface area contributed by atoms with Crippen molar-refractivity contribution < 1.29 is 46.5 Å². The molecule has 5 atom stereocenters. The molecule has 0 spiro atoms. The van der Waals surface area contributed by atoms with Crippen LogP contribution in [0.25, 0.3) is 11.0 Å². The van der Waals surface area contributed by atoms with Crippen molar-refractivity contribution in [3.05, 3.63) is 52.4 Å². The summed E-state index contributed by atoms with van der Waals surface area (Å²) in [6, 6.07) is 5.35. The Bertz CT molecular complexity index is 2250. The van der Waals surface area contributed by atoms with Crippen LogP contribution in [0.3, 0.4) is 0 Å². The summed E-state index contributed by atoms with van der Waals surface area (Å²) in [5.41, 5.74) is 0.104. The molecule has 60 heavy (non-hydrogen) atoms. The van der Waals surface area contributed by atoms with Crippen molar-refractivity contribution >= 4 is 56.2 Å². The zero-order chi connectivity index (χ0) is 42.0. The average molecular weight is 865 g/mol. The van der Waals surface area contributed by atoms with E-state index < -0.39 is 68.7 Å². The molecule has 0 radical (unpaired) electrons. The lowest BCUT2D eigenvalue weighted by molar-refractivity contribution is -0.141. The van der Waals surface area contributed by atoms with Gasteiger partial charge in [-0.15, -0.1) is 11.3 Å². The van der Waals surface area contributed by atoms with Crippen LogP contribution in [0.15, 0.2) is 41.8 Å². The molecule has 3 N–H and O–H groups in total. The highest BCUT2D eigenvalue weighted by molar-refractivity contribution is 7.91. The van der Waals surface area contributed by atoms with Crippen molar-refractivity contribution in [3.63, 3.8) is 0 Å². The summed E-state index contributed by atoms with van der Waals surface area (Å²) >= 11 is 1.63. The summed E-state index contributed by atoms with van der Waals surface area (Å²) in [4.78, 5) is 68.6. The number of allylic oxidation sites excluding steroid dienone is 1. The van der Waals surface area contributed by atoms with Crippen LogP contribution < -0.4 is 29.6 Å². The van der Waals surface area contributed by atoms with E-state index in [1.54, 1.807) is 30.6 Å². The number of carbonyl (C=O) groups is 4. The molecular weight excluding hydrogens is 813 g/mol. The zero-order valence-electron chi connectivity index (χ0n) is 33.9. The molecular formula is C42H52N6O10S2. The predicted octanol–water partition coefficient (Wildman–Crippen LogP) is 4.49. The molecule has 5 aliphatic rings. The number of nitrogens with zero attached hydrogens (tertiary/aromatic N) is 3. The first-order valence-corrected chi connectivity index (χ1v) is 23.3. The Morgan fingerprint density at radius 3 is 2.42 bits per heavy atom. The average Bonchev–Trinajstić information content (AvgIpc) is 4.08. The number of nitrogens with one attached hydrogen (secondary N) is 3. The predicted molar refractivity (Wildman–Crippen MR) is 221 cm³/mol. The number of methoxy groups -OCH3 is 2. The number of thiophene rings is 1. The SMILES string of the molecule is COc1cc2nc(CCc3cccs3)c(O[C@@H]3C[C@H]4C(=O)N[C@]5(C(=O)NS(=O)(=O)C6CC6)C[C@H]5/C=C\CCCCC[C@H](NC(=O)OC5CCC5)C(=O)N4C3)nc2cc1OC. The first-order chi connectivity index (χ1) is 29.0. The van der Waals surface area contributed by atoms with Crippen LogP contribution in [0.4, 0.5) is 4.79 Å². The number of ether oxygens (including phenoxy) is 4. The first-order valence-electron chi connectivity index (χ1n) is 20.9. The third kappa shape index (κ3) is 9.18. The van der Waals surface area contributed by atoms with Crippen molar-refractivity contribution in [2.45, 2.75) is 125 Å². The number of alkyl carbamates (subject to hydrolysis) is 1. The van der Waals surface area contributed by atoms with E-state index in [1.165, 1.54) is 12.0 Å². The van der Waals surface area contributed by atoms with Crippen molar-refractivity contribution in [2.24, 2.45) is 5.92 Å². The maximum Gasteiger partial charge on any atom is 0.408 e. The fourth-order valence-corrected chi connectivity index (χ4v) is 10.3. The molecule has 0 unspecified atom stereocenters. The van der Waals surface area contributed by atoms with Crippen molar-refractivity contribution in [2.75, 3.05) is 20.8 Å². The summed E-state index contributed by atoms with van der Waals surface area (Å²) in [6.07, 6.45) is 10.2. The summed E-state index contributed by atoms with van der Waals surface area (Å²) < 4.78 is 51.4. The Morgan fingerprint density at radius 2 is 1.73 bits per heavy atom. The van der Waals surface area contributed by atoms with Crippen LogP contribution in [-0.4, -0.2) is 103 Å². The molecule has 4 amide bonds. The number of amides is 4. The molecule has 1 aromatic carbocycles. The minimum Gasteiger partial charge on any atom is -0.493 e. The minimum absolute atomic E-state index is 0.0193. The largest absolute Gasteiger partial charge is 0.493 e. The molecule has 0 bridgehead atoms. The highest BCUT2D eigenvalue weighted by atomic mass is 32.2. The van der Waals surface area contributed by atoms with E-state index in [9.17, 15) is 27.6 Å². The quantitative estimate of drug-likeness (QED) is 0.216. The van der Waals surface area contributed by atoms with Gasteiger partial charge < -0.3 is 34.5 Å². The zero-order valence-corrected chi connectivity index (χ0v) is 35.5. The van der Waals surface area contributed by atoms with E-state index in [1.807, 2.05) is 29.7 Å². The lowest BCUT2D eigenvalue weighted by Gasteiger charge is -2.31. The van der Waals surface area contributed by atoms with Gasteiger partial charge in [0.05, 0.1) is 37.0 Å². The van der Waals surface area contributed by atoms with Crippen molar-refractivity contribution in [1.82, 2.24) is 30.2 Å². The molecule has 3 aromatic rings. The second-order valence-corrected chi connectivity index (χ2v) is 19.4. The minimum atomic E-state index is -3.91. The normalized spacial score (nSPS) is 26.6. The summed E-state index contributed by atoms with van der Waals surface area (Å²) in [5, 5.41) is 7.08. The Hall–Kier alpha value is -4.97. The highest BCUT2D eigenvalue weighted by Crippen LogP contribution is 2.46. The Kier molecular flexibility index (Phi) is 12.2. The molecule has 2 aliphatic heterocycles. The monoisotopic (exact) mass is 864 g/mol. The Balaban J connectivity index is 1.11. The van der Waals surface area contributed by atoms with Crippen LogP contribution in [0.1, 0.15) is 87.6 Å². The van der Waals surface area contributed by atoms with Gasteiger partial charge in [-0.2, -0.15) is 0 Å². The fourth-order valence-electron chi connectivity index (χ4n) is 8.18. The fraction of sp³-hybridized carbons (Fsp3) is 0.571. The van der Waals surface area contributed by atoms with Gasteiger partial charge in [0.15, 0.2) is 11.5 Å². The molecule has 4 heterocycles. The van der Waals surface area contributed by atoms with Crippen LogP contribution in [0, 0.1) is 5.92 Å². The van der Waals surface area contributed by atoms with E-state index in [2.05, 4.69) is 15.4 Å². The standard InChI is InChI=1S/C42H52N6O10S2/c1-55-35-21-32-33(22-36(35)56-2)44-38(30(43-32)18-15-28-13-9-19-59-28)57-27-20-34-37(49)46-42(40(51)47-60(53,54)29-16-17-29)23-25(42)10-6-4-3-5-7-14-31(39(50)48(34)24-27)45-41(52)58-26-11-8-12-26/h6,9-10,13,19,21-22,25-27,29,31,34H,3-5,7-8,11-12,14-18,20,23-24H2,1-2H3,(H,45,52)(H,46,49)(H,47,51)/b10-6-/t25-,27-,31+,34+,42-/m1/s1. The van der Waals surface area contributed by atoms with Gasteiger partial charge in [-0.05, 0) is 82.1 Å². The highest BCUT2D eigenvalue weighted by Gasteiger charge is 2.62. The lowest BCUT2D eigenvalue weighted by Crippen LogP contribution is -2.58. The number of fused-ring (bicyclic) bond motifs is 3. The number of carbonyl (C=O) groups excluding carboxylic acids is 4. The Labute approximate surface area is 353 Å². The van der Waals surface area contributed by atoms with Crippen LogP contribution in [0.2, 0.25) is 0 Å². The van der Waals surface area contributed by atoms with E-state index in [0.717, 1.165) is 37.0 Å². The van der Waals surface area contributed by atoms with E-state index in [0.29, 0.717) is 73.2 Å². The Morgan fingerprint density at radius 1 is 0.967 bits per heavy atom. The van der Waals surface area contributed by atoms with Gasteiger partial charge in [0.25, 0.3) is 5.91 Å². The number of aryl methyl sites for hydroxylation is 2. The van der Waals surface area contributed by atoms with Crippen LogP contribution in [-0.2, 0) is 42.0 Å². The van der Waals surface area contributed by atoms with Gasteiger partial charge in [-0.3, -0.25) is 19.1 Å². The van der Waals surface area contributed by atoms with E-state index >= 15 is 0 Å². The number of hydrogen-bond donors (Lipinski definition) is 3. The number of sulfonamides is 1. The second-order valence-electron chi connectivity index (χ2n) is 16.4. The van der Waals surface area contributed by atoms with Crippen molar-refractivity contribution in [1.29, 1.82) is 0 Å². The molecule has 1 saturated heterocycles. The summed E-state index contributed by atoms with van der Waals surface area (Å²) in [7, 11) is -0.839. The molecule has 4 fully saturated rings. The molecule has 18 heteroatoms. The van der Waals surface area contributed by atoms with Gasteiger partial charge in [0, 0.05) is 29.3 Å². The van der Waals surface area contributed by atoms with Gasteiger partial charge in [-0.1, -0.05) is 31.1 Å². The first kappa shape index (κ1) is 41.8. The maximum atomic E-state index is 14.7. The van der Waals surface area contributed by atoms with E-state index in [-0.39, 0.29) is 31.4 Å². The summed E-state index contributed by atoms with van der Waals surface area (Å²) in [6.45, 7) is -0.0403. The van der Waals surface area contributed by atoms with E-state index in [4.69, 9.17) is 28.9 Å². The maximum absolute atomic E-state index is 14.7. The molecule has 3 saturated carbocycles. The molecule has 322 valence electrons. The number of rotatable bonds is 12. The molecule has 8 rings (SSSR count). The third-order valence-electron chi connectivity index (χ3n) is 12.1. The molecule has 3 aliphatic carbocycles. The third-order valence-corrected chi connectivity index (χ3v) is 14.9. The topological polar surface area (TPSA) is 204 Å². The van der Waals surface area contributed by atoms with Crippen LogP contribution >= 0.6 is 11.3 Å². The number of aromatic nitrogens is 2. The van der Waals surface area contributed by atoms with Gasteiger partial charge in [0.2, 0.25) is 27.7 Å². The van der Waals surface area contributed by atoms with Crippen LogP contribution in [0.5, 0.6) is 17.4 Å². The van der Waals surface area contributed by atoms with Gasteiger partial charge in [0.1, 0.15) is 35.5 Å². The second kappa shape index (κ2) is 17.6. The molecule has 2 aromatic heterocycles. The van der Waals surface area contributed by atoms with Gasteiger partial charge in [-0.25, -0.2) is 23.2 Å². The van der Waals surface area contributed by atoms with Crippen molar-refractivity contribution in [3.8, 4) is 17.4 Å². The van der Waals surface area contributed by atoms with Gasteiger partial charge >= 0.3 is 6.09 Å². The number of benzene rings is 1. The molecule has 16 nitrogen and oxygen atoms in total.